The first-order chi connectivity index (χ1) is 7.38. The van der Waals surface area contributed by atoms with Crippen LogP contribution in [-0.2, 0) is 9.53 Å². The van der Waals surface area contributed by atoms with E-state index in [0.717, 1.165) is 12.8 Å². The predicted octanol–water partition coefficient (Wildman–Crippen LogP) is 2.13. The van der Waals surface area contributed by atoms with Crippen molar-refractivity contribution in [3.05, 3.63) is 12.7 Å². The molecule has 0 spiro atoms. The number of esters is 1. The van der Waals surface area contributed by atoms with Crippen molar-refractivity contribution in [3.63, 3.8) is 0 Å². The van der Waals surface area contributed by atoms with Crippen LogP contribution in [0.5, 0.6) is 0 Å². The van der Waals surface area contributed by atoms with Gasteiger partial charge in [0.2, 0.25) is 0 Å². The standard InChI is InChI=1S/C13H23NO2/c1-6-7-14-13(11(15)16-5)9-12(3,4)8-10(13)2/h6,10,14H,1,7-9H2,2-5H3. The maximum absolute atomic E-state index is 12.0. The van der Waals surface area contributed by atoms with Crippen LogP contribution < -0.4 is 5.32 Å². The fourth-order valence-electron chi connectivity index (χ4n) is 3.02. The molecule has 0 aliphatic heterocycles. The molecule has 2 unspecified atom stereocenters. The van der Waals surface area contributed by atoms with Crippen LogP contribution in [0.2, 0.25) is 0 Å². The van der Waals surface area contributed by atoms with Crippen molar-refractivity contribution in [2.75, 3.05) is 13.7 Å². The van der Waals surface area contributed by atoms with Crippen LogP contribution >= 0.6 is 0 Å². The Morgan fingerprint density at radius 3 is 2.62 bits per heavy atom. The van der Waals surface area contributed by atoms with Crippen LogP contribution in [0.1, 0.15) is 33.6 Å². The smallest absolute Gasteiger partial charge is 0.326 e. The predicted molar refractivity (Wildman–Crippen MR) is 65.1 cm³/mol. The van der Waals surface area contributed by atoms with Crippen molar-refractivity contribution in [3.8, 4) is 0 Å². The molecule has 1 rings (SSSR count). The average Bonchev–Trinajstić information content (AvgIpc) is 2.45. The van der Waals surface area contributed by atoms with Crippen molar-refractivity contribution in [2.45, 2.75) is 39.2 Å². The van der Waals surface area contributed by atoms with Crippen molar-refractivity contribution in [2.24, 2.45) is 11.3 Å². The van der Waals surface area contributed by atoms with Gasteiger partial charge in [0, 0.05) is 6.54 Å². The quantitative estimate of drug-likeness (QED) is 0.588. The number of ether oxygens (including phenoxy) is 1. The Morgan fingerprint density at radius 1 is 1.62 bits per heavy atom. The molecule has 0 aromatic heterocycles. The van der Waals surface area contributed by atoms with Gasteiger partial charge in [-0.05, 0) is 24.2 Å². The molecule has 1 aliphatic carbocycles. The van der Waals surface area contributed by atoms with Gasteiger partial charge in [0.1, 0.15) is 5.54 Å². The van der Waals surface area contributed by atoms with E-state index in [0.29, 0.717) is 6.54 Å². The summed E-state index contributed by atoms with van der Waals surface area (Å²) in [5.74, 6) is 0.141. The van der Waals surface area contributed by atoms with E-state index in [1.54, 1.807) is 6.08 Å². The number of methoxy groups -OCH3 is 1. The van der Waals surface area contributed by atoms with Gasteiger partial charge in [-0.2, -0.15) is 0 Å². The highest BCUT2D eigenvalue weighted by Gasteiger charge is 2.53. The number of nitrogens with one attached hydrogen (secondary N) is 1. The third kappa shape index (κ3) is 2.29. The maximum atomic E-state index is 12.0. The molecule has 0 heterocycles. The molecule has 1 aliphatic rings. The molecule has 1 fully saturated rings. The highest BCUT2D eigenvalue weighted by Crippen LogP contribution is 2.47. The minimum Gasteiger partial charge on any atom is -0.468 e. The first-order valence-corrected chi connectivity index (χ1v) is 5.82. The lowest BCUT2D eigenvalue weighted by Gasteiger charge is -2.32. The van der Waals surface area contributed by atoms with Gasteiger partial charge in [0.05, 0.1) is 7.11 Å². The summed E-state index contributed by atoms with van der Waals surface area (Å²) in [6.07, 6.45) is 3.64. The van der Waals surface area contributed by atoms with Crippen LogP contribution in [0, 0.1) is 11.3 Å². The number of rotatable bonds is 4. The largest absolute Gasteiger partial charge is 0.468 e. The van der Waals surface area contributed by atoms with Gasteiger partial charge in [0.25, 0.3) is 0 Å². The lowest BCUT2D eigenvalue weighted by molar-refractivity contribution is -0.150. The number of carbonyl (C=O) groups excluding carboxylic acids is 1. The second-order valence-electron chi connectivity index (χ2n) is 5.58. The van der Waals surface area contributed by atoms with Gasteiger partial charge in [-0.15, -0.1) is 6.58 Å². The minimum absolute atomic E-state index is 0.146. The summed E-state index contributed by atoms with van der Waals surface area (Å²) in [7, 11) is 1.46. The van der Waals surface area contributed by atoms with Crippen molar-refractivity contribution in [1.82, 2.24) is 5.32 Å². The topological polar surface area (TPSA) is 38.3 Å². The molecule has 3 nitrogen and oxygen atoms in total. The fraction of sp³-hybridized carbons (Fsp3) is 0.769. The van der Waals surface area contributed by atoms with Gasteiger partial charge in [-0.1, -0.05) is 26.8 Å². The Kier molecular flexibility index (Phi) is 3.79. The van der Waals surface area contributed by atoms with Crippen LogP contribution in [0.25, 0.3) is 0 Å². The Hall–Kier alpha value is -0.830. The SMILES string of the molecule is C=CCNC1(C(=O)OC)CC(C)(C)CC1C. The van der Waals surface area contributed by atoms with Crippen LogP contribution in [0.4, 0.5) is 0 Å². The highest BCUT2D eigenvalue weighted by atomic mass is 16.5. The molecular weight excluding hydrogens is 202 g/mol. The van der Waals surface area contributed by atoms with E-state index in [-0.39, 0.29) is 17.3 Å². The zero-order chi connectivity index (χ0) is 12.4. The van der Waals surface area contributed by atoms with Crippen molar-refractivity contribution < 1.29 is 9.53 Å². The Morgan fingerprint density at radius 2 is 2.25 bits per heavy atom. The summed E-state index contributed by atoms with van der Waals surface area (Å²) in [6, 6.07) is 0. The Labute approximate surface area is 98.2 Å². The van der Waals surface area contributed by atoms with E-state index in [9.17, 15) is 4.79 Å². The molecule has 92 valence electrons. The summed E-state index contributed by atoms with van der Waals surface area (Å²) in [5.41, 5.74) is -0.353. The Balaban J connectivity index is 2.95. The summed E-state index contributed by atoms with van der Waals surface area (Å²) < 4.78 is 4.96. The first kappa shape index (κ1) is 13.2. The summed E-state index contributed by atoms with van der Waals surface area (Å²) in [6.45, 7) is 10.8. The molecule has 1 saturated carbocycles. The van der Waals surface area contributed by atoms with Gasteiger partial charge < -0.3 is 4.74 Å². The number of hydrogen-bond acceptors (Lipinski definition) is 3. The van der Waals surface area contributed by atoms with E-state index in [2.05, 4.69) is 32.7 Å². The monoisotopic (exact) mass is 225 g/mol. The molecule has 0 radical (unpaired) electrons. The van der Waals surface area contributed by atoms with Crippen molar-refractivity contribution in [1.29, 1.82) is 0 Å². The zero-order valence-corrected chi connectivity index (χ0v) is 10.8. The van der Waals surface area contributed by atoms with Gasteiger partial charge in [0.15, 0.2) is 0 Å². The second-order valence-corrected chi connectivity index (χ2v) is 5.58. The molecule has 0 amide bonds. The summed E-state index contributed by atoms with van der Waals surface area (Å²) in [4.78, 5) is 12.0. The van der Waals surface area contributed by atoms with E-state index in [4.69, 9.17) is 4.74 Å². The highest BCUT2D eigenvalue weighted by molar-refractivity contribution is 5.82. The molecule has 0 aromatic rings. The van der Waals surface area contributed by atoms with Gasteiger partial charge in [-0.25, -0.2) is 0 Å². The normalized spacial score (nSPS) is 32.4. The van der Waals surface area contributed by atoms with E-state index in [1.165, 1.54) is 7.11 Å². The van der Waals surface area contributed by atoms with Crippen LogP contribution in [0.15, 0.2) is 12.7 Å². The average molecular weight is 225 g/mol. The molecule has 2 atom stereocenters. The van der Waals surface area contributed by atoms with Crippen LogP contribution in [0.3, 0.4) is 0 Å². The lowest BCUT2D eigenvalue weighted by atomic mass is 9.86. The molecule has 16 heavy (non-hydrogen) atoms. The molecule has 1 N–H and O–H groups in total. The van der Waals surface area contributed by atoms with E-state index >= 15 is 0 Å². The van der Waals surface area contributed by atoms with E-state index in [1.807, 2.05) is 0 Å². The first-order valence-electron chi connectivity index (χ1n) is 5.82. The molecule has 0 bridgehead atoms. The Bertz CT molecular complexity index is 286. The third-order valence-corrected chi connectivity index (χ3v) is 3.57. The lowest BCUT2D eigenvalue weighted by Crippen LogP contribution is -2.55. The minimum atomic E-state index is -0.535. The summed E-state index contributed by atoms with van der Waals surface area (Å²) in [5, 5.41) is 3.31. The number of hydrogen-bond donors (Lipinski definition) is 1. The maximum Gasteiger partial charge on any atom is 0.326 e. The van der Waals surface area contributed by atoms with E-state index < -0.39 is 5.54 Å². The number of carbonyl (C=O) groups is 1. The second kappa shape index (κ2) is 4.58. The van der Waals surface area contributed by atoms with Gasteiger partial charge >= 0.3 is 5.97 Å². The molecular formula is C13H23NO2. The van der Waals surface area contributed by atoms with Crippen molar-refractivity contribution >= 4 is 5.97 Å². The summed E-state index contributed by atoms with van der Waals surface area (Å²) >= 11 is 0. The molecule has 0 aromatic carbocycles. The molecule has 0 saturated heterocycles. The zero-order valence-electron chi connectivity index (χ0n) is 10.8. The third-order valence-electron chi connectivity index (χ3n) is 3.57. The fourth-order valence-corrected chi connectivity index (χ4v) is 3.02. The van der Waals surface area contributed by atoms with Crippen LogP contribution in [-0.4, -0.2) is 25.2 Å². The molecule has 3 heteroatoms. The van der Waals surface area contributed by atoms with Gasteiger partial charge in [-0.3, -0.25) is 10.1 Å².